The highest BCUT2D eigenvalue weighted by Crippen LogP contribution is 2.29. The van der Waals surface area contributed by atoms with Crippen LogP contribution in [0.25, 0.3) is 0 Å². The number of carbonyl (C=O) groups excluding carboxylic acids is 1. The highest BCUT2D eigenvalue weighted by atomic mass is 16.5. The summed E-state index contributed by atoms with van der Waals surface area (Å²) in [6, 6.07) is 23.9. The molecule has 6 heteroatoms. The van der Waals surface area contributed by atoms with Crippen molar-refractivity contribution in [2.75, 3.05) is 31.2 Å². The number of carbonyl (C=O) groups is 1. The number of rotatable bonds is 6. The van der Waals surface area contributed by atoms with E-state index in [2.05, 4.69) is 21.5 Å². The number of hydrogen-bond acceptors (Lipinski definition) is 5. The van der Waals surface area contributed by atoms with Gasteiger partial charge in [0.25, 0.3) is 5.91 Å². The van der Waals surface area contributed by atoms with E-state index < -0.39 is 11.5 Å². The van der Waals surface area contributed by atoms with Gasteiger partial charge in [0.05, 0.1) is 19.4 Å². The van der Waals surface area contributed by atoms with Gasteiger partial charge in [-0.15, -0.1) is 0 Å². The first-order valence-corrected chi connectivity index (χ1v) is 10.7. The first-order chi connectivity index (χ1) is 15.6. The molecule has 0 radical (unpaired) electrons. The number of nitrogens with one attached hydrogen (secondary N) is 1. The summed E-state index contributed by atoms with van der Waals surface area (Å²) in [4.78, 5) is 15.4. The molecule has 3 aromatic rings. The quantitative estimate of drug-likeness (QED) is 0.466. The molecule has 164 valence electrons. The second-order valence-corrected chi connectivity index (χ2v) is 7.78. The molecular formula is C26H27N3O3. The van der Waals surface area contributed by atoms with Crippen LogP contribution in [0.1, 0.15) is 22.3 Å². The average molecular weight is 430 g/mol. The Morgan fingerprint density at radius 3 is 2.16 bits per heavy atom. The minimum absolute atomic E-state index is 0.477. The number of morpholine rings is 1. The normalized spacial score (nSPS) is 14.5. The van der Waals surface area contributed by atoms with Crippen molar-refractivity contribution in [3.05, 3.63) is 101 Å². The summed E-state index contributed by atoms with van der Waals surface area (Å²) >= 11 is 0. The van der Waals surface area contributed by atoms with E-state index in [0.717, 1.165) is 43.1 Å². The van der Waals surface area contributed by atoms with Crippen molar-refractivity contribution in [3.63, 3.8) is 0 Å². The molecule has 1 heterocycles. The average Bonchev–Trinajstić information content (AvgIpc) is 2.86. The summed E-state index contributed by atoms with van der Waals surface area (Å²) in [5.41, 5.74) is 4.72. The van der Waals surface area contributed by atoms with E-state index in [-0.39, 0.29) is 0 Å². The van der Waals surface area contributed by atoms with Crippen molar-refractivity contribution in [2.45, 2.75) is 12.5 Å². The molecule has 2 N–H and O–H groups in total. The van der Waals surface area contributed by atoms with Crippen LogP contribution in [-0.2, 0) is 15.1 Å². The van der Waals surface area contributed by atoms with E-state index in [1.54, 1.807) is 54.7 Å². The van der Waals surface area contributed by atoms with Gasteiger partial charge in [-0.2, -0.15) is 5.10 Å². The Bertz CT molecular complexity index is 1040. The maximum absolute atomic E-state index is 13.1. The van der Waals surface area contributed by atoms with Gasteiger partial charge in [-0.25, -0.2) is 5.43 Å². The molecule has 0 atom stereocenters. The summed E-state index contributed by atoms with van der Waals surface area (Å²) < 4.78 is 5.42. The van der Waals surface area contributed by atoms with Crippen LogP contribution in [0, 0.1) is 6.92 Å². The van der Waals surface area contributed by atoms with Crippen LogP contribution in [-0.4, -0.2) is 43.5 Å². The Hall–Kier alpha value is -3.48. The van der Waals surface area contributed by atoms with Crippen molar-refractivity contribution < 1.29 is 14.6 Å². The van der Waals surface area contributed by atoms with Crippen LogP contribution in [0.4, 0.5) is 5.69 Å². The Morgan fingerprint density at radius 2 is 1.59 bits per heavy atom. The maximum Gasteiger partial charge on any atom is 0.281 e. The number of aryl methyl sites for hydroxylation is 1. The van der Waals surface area contributed by atoms with Gasteiger partial charge in [-0.1, -0.05) is 66.7 Å². The molecule has 0 aromatic heterocycles. The Balaban J connectivity index is 1.52. The van der Waals surface area contributed by atoms with Crippen molar-refractivity contribution in [1.29, 1.82) is 0 Å². The molecule has 0 bridgehead atoms. The molecule has 0 spiro atoms. The molecule has 1 fully saturated rings. The molecule has 1 aliphatic rings. The Labute approximate surface area is 188 Å². The van der Waals surface area contributed by atoms with Crippen molar-refractivity contribution in [3.8, 4) is 0 Å². The van der Waals surface area contributed by atoms with Crippen LogP contribution in [0.15, 0.2) is 84.0 Å². The van der Waals surface area contributed by atoms with Crippen LogP contribution in [0.5, 0.6) is 0 Å². The van der Waals surface area contributed by atoms with Crippen molar-refractivity contribution in [1.82, 2.24) is 5.43 Å². The van der Waals surface area contributed by atoms with Crippen molar-refractivity contribution >= 4 is 17.8 Å². The lowest BCUT2D eigenvalue weighted by atomic mass is 9.85. The summed E-state index contributed by atoms with van der Waals surface area (Å²) in [5.74, 6) is -0.617. The standard InChI is InChI=1S/C26H27N3O3/c1-20-18-24(29-14-16-32-17-15-29)13-12-21(20)19-27-28-25(30)26(31,22-8-4-2-5-9-22)23-10-6-3-7-11-23/h2-13,18-19,31H,14-17H2,1H3,(H,28,30)/b27-19+. The van der Waals surface area contributed by atoms with E-state index in [0.29, 0.717) is 11.1 Å². The van der Waals surface area contributed by atoms with E-state index >= 15 is 0 Å². The molecule has 4 rings (SSSR count). The van der Waals surface area contributed by atoms with Crippen LogP contribution < -0.4 is 10.3 Å². The molecular weight excluding hydrogens is 402 g/mol. The second-order valence-electron chi connectivity index (χ2n) is 7.78. The summed E-state index contributed by atoms with van der Waals surface area (Å²) in [5, 5.41) is 15.6. The third-order valence-corrected chi connectivity index (χ3v) is 5.71. The van der Waals surface area contributed by atoms with Crippen molar-refractivity contribution in [2.24, 2.45) is 5.10 Å². The van der Waals surface area contributed by atoms with Crippen LogP contribution in [0.3, 0.4) is 0 Å². The summed E-state index contributed by atoms with van der Waals surface area (Å²) in [6.07, 6.45) is 1.60. The summed E-state index contributed by atoms with van der Waals surface area (Å²) in [7, 11) is 0. The maximum atomic E-state index is 13.1. The monoisotopic (exact) mass is 429 g/mol. The van der Waals surface area contributed by atoms with Crippen LogP contribution in [0.2, 0.25) is 0 Å². The molecule has 1 saturated heterocycles. The predicted molar refractivity (Wildman–Crippen MR) is 126 cm³/mol. The van der Waals surface area contributed by atoms with Crippen LogP contribution >= 0.6 is 0 Å². The van der Waals surface area contributed by atoms with E-state index in [4.69, 9.17) is 4.74 Å². The van der Waals surface area contributed by atoms with E-state index in [1.165, 1.54) is 0 Å². The van der Waals surface area contributed by atoms with Gasteiger partial charge in [0, 0.05) is 18.8 Å². The van der Waals surface area contributed by atoms with Gasteiger partial charge >= 0.3 is 0 Å². The number of nitrogens with zero attached hydrogens (tertiary/aromatic N) is 2. The zero-order valence-corrected chi connectivity index (χ0v) is 18.1. The molecule has 0 aliphatic carbocycles. The number of amides is 1. The number of benzene rings is 3. The first kappa shape index (κ1) is 21.7. The Kier molecular flexibility index (Phi) is 6.63. The second kappa shape index (κ2) is 9.77. The number of ether oxygens (including phenoxy) is 1. The largest absolute Gasteiger partial charge is 0.378 e. The van der Waals surface area contributed by atoms with E-state index in [1.807, 2.05) is 31.2 Å². The number of anilines is 1. The smallest absolute Gasteiger partial charge is 0.281 e. The predicted octanol–water partition coefficient (Wildman–Crippen LogP) is 3.22. The lowest BCUT2D eigenvalue weighted by molar-refractivity contribution is -0.136. The van der Waals surface area contributed by atoms with Gasteiger partial charge < -0.3 is 14.7 Å². The molecule has 32 heavy (non-hydrogen) atoms. The molecule has 0 saturated carbocycles. The fraction of sp³-hybridized carbons (Fsp3) is 0.231. The molecule has 6 nitrogen and oxygen atoms in total. The highest BCUT2D eigenvalue weighted by Gasteiger charge is 2.39. The van der Waals surface area contributed by atoms with Gasteiger partial charge in [0.15, 0.2) is 5.60 Å². The number of hydrazone groups is 1. The minimum atomic E-state index is -1.85. The first-order valence-electron chi connectivity index (χ1n) is 10.7. The van der Waals surface area contributed by atoms with Gasteiger partial charge in [0.1, 0.15) is 0 Å². The molecule has 0 unspecified atom stereocenters. The molecule has 3 aromatic carbocycles. The third kappa shape index (κ3) is 4.56. The van der Waals surface area contributed by atoms with Gasteiger partial charge in [-0.3, -0.25) is 4.79 Å². The van der Waals surface area contributed by atoms with E-state index in [9.17, 15) is 9.90 Å². The topological polar surface area (TPSA) is 74.2 Å². The lowest BCUT2D eigenvalue weighted by Crippen LogP contribution is -2.43. The Morgan fingerprint density at radius 1 is 1.00 bits per heavy atom. The SMILES string of the molecule is Cc1cc(N2CCOCC2)ccc1/C=N/NC(=O)C(O)(c1ccccc1)c1ccccc1. The minimum Gasteiger partial charge on any atom is -0.378 e. The third-order valence-electron chi connectivity index (χ3n) is 5.71. The zero-order valence-electron chi connectivity index (χ0n) is 18.1. The number of hydrogen-bond donors (Lipinski definition) is 2. The number of aliphatic hydroxyl groups is 1. The zero-order chi connectivity index (χ0) is 22.4. The van der Waals surface area contributed by atoms with Gasteiger partial charge in [-0.05, 0) is 41.3 Å². The highest BCUT2D eigenvalue weighted by molar-refractivity contribution is 5.91. The molecule has 1 aliphatic heterocycles. The lowest BCUT2D eigenvalue weighted by Gasteiger charge is -2.29. The van der Waals surface area contributed by atoms with Gasteiger partial charge in [0.2, 0.25) is 0 Å². The summed E-state index contributed by atoms with van der Waals surface area (Å²) in [6.45, 7) is 5.23. The fourth-order valence-electron chi connectivity index (χ4n) is 3.85. The molecule has 1 amide bonds. The fourth-order valence-corrected chi connectivity index (χ4v) is 3.85.